The minimum absolute atomic E-state index is 0.0603. The lowest BCUT2D eigenvalue weighted by Gasteiger charge is -2.26. The quantitative estimate of drug-likeness (QED) is 0.350. The smallest absolute Gasteiger partial charge is 0.370 e. The molecule has 4 N–H and O–H groups in total. The maximum atomic E-state index is 12.9. The third-order valence-electron chi connectivity index (χ3n) is 5.59. The van der Waals surface area contributed by atoms with Crippen LogP contribution in [0.15, 0.2) is 41.4 Å². The largest absolute Gasteiger partial charge is 0.416 e. The second-order valence-electron chi connectivity index (χ2n) is 8.81. The summed E-state index contributed by atoms with van der Waals surface area (Å²) in [6, 6.07) is 7.26. The number of benzene rings is 2. The Hall–Kier alpha value is -3.02. The van der Waals surface area contributed by atoms with Crippen LogP contribution < -0.4 is 21.3 Å². The highest BCUT2D eigenvalue weighted by Crippen LogP contribution is 2.33. The van der Waals surface area contributed by atoms with E-state index in [1.54, 1.807) is 36.0 Å². The van der Waals surface area contributed by atoms with Crippen molar-refractivity contribution >= 4 is 52.4 Å². The molecule has 8 nitrogen and oxygen atoms in total. The van der Waals surface area contributed by atoms with Gasteiger partial charge in [-0.15, -0.1) is 0 Å². The Kier molecular flexibility index (Phi) is 9.27. The van der Waals surface area contributed by atoms with Gasteiger partial charge >= 0.3 is 6.18 Å². The molecule has 1 heterocycles. The lowest BCUT2D eigenvalue weighted by atomic mass is 10.1. The number of likely N-dealkylation sites (N-methyl/N-ethyl adjacent to an activating group) is 1. The van der Waals surface area contributed by atoms with Gasteiger partial charge in [-0.2, -0.15) is 13.2 Å². The topological polar surface area (TPSA) is 103 Å². The molecule has 0 unspecified atom stereocenters. The molecule has 1 atom stereocenters. The number of guanidine groups is 1. The molecule has 200 valence electrons. The number of rotatable bonds is 7. The summed E-state index contributed by atoms with van der Waals surface area (Å²) in [6.07, 6.45) is -3.21. The van der Waals surface area contributed by atoms with E-state index in [1.807, 2.05) is 0 Å². The van der Waals surface area contributed by atoms with Crippen molar-refractivity contribution in [1.82, 2.24) is 10.2 Å². The van der Waals surface area contributed by atoms with E-state index in [1.165, 1.54) is 12.1 Å². The molecule has 0 aliphatic carbocycles. The van der Waals surface area contributed by atoms with E-state index in [-0.39, 0.29) is 40.7 Å². The van der Waals surface area contributed by atoms with Gasteiger partial charge in [0.1, 0.15) is 6.04 Å². The SMILES string of the molecule is CN(C)CC(=O)Nc1c(Cl)cc(CN=C(N)NC(=O)[C@H]2CCCN2c2ccc(C(F)(F)F)cc2)cc1Cl. The molecule has 0 bridgehead atoms. The Bertz CT molecular complexity index is 1150. The number of nitrogens with zero attached hydrogens (tertiary/aromatic N) is 3. The first-order valence-corrected chi connectivity index (χ1v) is 12.1. The van der Waals surface area contributed by atoms with Gasteiger partial charge in [-0.25, -0.2) is 4.99 Å². The Morgan fingerprint density at radius 1 is 1.16 bits per heavy atom. The van der Waals surface area contributed by atoms with Crippen molar-refractivity contribution in [2.24, 2.45) is 10.7 Å². The normalized spacial score (nSPS) is 16.3. The van der Waals surface area contributed by atoms with E-state index in [0.717, 1.165) is 12.1 Å². The number of hydrogen-bond donors (Lipinski definition) is 3. The Labute approximate surface area is 222 Å². The molecule has 0 radical (unpaired) electrons. The van der Waals surface area contributed by atoms with Gasteiger partial charge in [0.05, 0.1) is 34.4 Å². The molecule has 2 aromatic rings. The second kappa shape index (κ2) is 12.0. The first-order valence-electron chi connectivity index (χ1n) is 11.3. The average molecular weight is 559 g/mol. The summed E-state index contributed by atoms with van der Waals surface area (Å²) in [5.74, 6) is -0.808. The lowest BCUT2D eigenvalue weighted by Crippen LogP contribution is -2.48. The minimum Gasteiger partial charge on any atom is -0.370 e. The first kappa shape index (κ1) is 28.5. The zero-order valence-electron chi connectivity index (χ0n) is 20.2. The van der Waals surface area contributed by atoms with Gasteiger partial charge < -0.3 is 20.9 Å². The van der Waals surface area contributed by atoms with Crippen molar-refractivity contribution in [3.8, 4) is 0 Å². The van der Waals surface area contributed by atoms with Crippen LogP contribution in [0.4, 0.5) is 24.5 Å². The standard InChI is InChI=1S/C24H27Cl2F3N6O2/c1-34(2)13-20(36)32-21-17(25)10-14(11-18(21)26)12-31-23(30)33-22(37)19-4-3-9-35(19)16-7-5-15(6-8-16)24(27,28)29/h5-8,10-11,19H,3-4,9,12-13H2,1-2H3,(H,32,36)(H3,30,31,33,37)/t19-/m1/s1. The molecule has 1 aliphatic heterocycles. The molecule has 1 aliphatic rings. The summed E-state index contributed by atoms with van der Waals surface area (Å²) >= 11 is 12.6. The van der Waals surface area contributed by atoms with E-state index in [0.29, 0.717) is 30.6 Å². The van der Waals surface area contributed by atoms with Crippen LogP contribution in [-0.4, -0.2) is 55.9 Å². The predicted octanol–water partition coefficient (Wildman–Crippen LogP) is 4.11. The number of carbonyl (C=O) groups is 2. The summed E-state index contributed by atoms with van der Waals surface area (Å²) in [5.41, 5.74) is 6.56. The zero-order chi connectivity index (χ0) is 27.3. The fourth-order valence-corrected chi connectivity index (χ4v) is 4.54. The minimum atomic E-state index is -4.43. The highest BCUT2D eigenvalue weighted by atomic mass is 35.5. The van der Waals surface area contributed by atoms with Crippen molar-refractivity contribution in [3.63, 3.8) is 0 Å². The molecule has 2 amide bonds. The molecule has 0 aromatic heterocycles. The van der Waals surface area contributed by atoms with Crippen LogP contribution in [0.25, 0.3) is 0 Å². The van der Waals surface area contributed by atoms with Gasteiger partial charge in [0.25, 0.3) is 0 Å². The maximum Gasteiger partial charge on any atom is 0.416 e. The monoisotopic (exact) mass is 558 g/mol. The van der Waals surface area contributed by atoms with Crippen LogP contribution >= 0.6 is 23.2 Å². The molecule has 37 heavy (non-hydrogen) atoms. The number of halogens is 5. The van der Waals surface area contributed by atoms with Crippen molar-refractivity contribution < 1.29 is 22.8 Å². The second-order valence-corrected chi connectivity index (χ2v) is 9.62. The molecule has 3 rings (SSSR count). The molecular weight excluding hydrogens is 532 g/mol. The molecule has 0 saturated carbocycles. The van der Waals surface area contributed by atoms with E-state index in [2.05, 4.69) is 15.6 Å². The molecule has 2 aromatic carbocycles. The highest BCUT2D eigenvalue weighted by molar-refractivity contribution is 6.39. The Morgan fingerprint density at radius 3 is 2.35 bits per heavy atom. The number of hydrogen-bond acceptors (Lipinski definition) is 5. The number of alkyl halides is 3. The van der Waals surface area contributed by atoms with Gasteiger partial charge in [-0.3, -0.25) is 14.9 Å². The summed E-state index contributed by atoms with van der Waals surface area (Å²) in [6.45, 7) is 0.742. The van der Waals surface area contributed by atoms with E-state index in [4.69, 9.17) is 28.9 Å². The fourth-order valence-electron chi connectivity index (χ4n) is 3.92. The number of nitrogens with two attached hydrogens (primary N) is 1. The molecule has 1 saturated heterocycles. The third kappa shape index (κ3) is 7.73. The van der Waals surface area contributed by atoms with Gasteiger partial charge in [0.2, 0.25) is 11.8 Å². The molecular formula is C24H27Cl2F3N6O2. The van der Waals surface area contributed by atoms with Crippen molar-refractivity contribution in [2.45, 2.75) is 31.6 Å². The summed E-state index contributed by atoms with van der Waals surface area (Å²) in [5, 5.41) is 5.67. The van der Waals surface area contributed by atoms with E-state index >= 15 is 0 Å². The van der Waals surface area contributed by atoms with Crippen LogP contribution in [-0.2, 0) is 22.3 Å². The maximum absolute atomic E-state index is 12.9. The fraction of sp³-hybridized carbons (Fsp3) is 0.375. The van der Waals surface area contributed by atoms with Crippen LogP contribution in [0.1, 0.15) is 24.0 Å². The van der Waals surface area contributed by atoms with Gasteiger partial charge in [-0.1, -0.05) is 23.2 Å². The summed E-state index contributed by atoms with van der Waals surface area (Å²) in [7, 11) is 3.51. The predicted molar refractivity (Wildman–Crippen MR) is 139 cm³/mol. The number of anilines is 2. The highest BCUT2D eigenvalue weighted by Gasteiger charge is 2.33. The average Bonchev–Trinajstić information content (AvgIpc) is 3.29. The zero-order valence-corrected chi connectivity index (χ0v) is 21.7. The summed E-state index contributed by atoms with van der Waals surface area (Å²) in [4.78, 5) is 32.4. The molecule has 0 spiro atoms. The van der Waals surface area contributed by atoms with E-state index < -0.39 is 23.7 Å². The number of amides is 2. The van der Waals surface area contributed by atoms with Crippen molar-refractivity contribution in [2.75, 3.05) is 37.4 Å². The van der Waals surface area contributed by atoms with Crippen LogP contribution in [0.5, 0.6) is 0 Å². The number of carbonyl (C=O) groups excluding carboxylic acids is 2. The Balaban J connectivity index is 1.62. The van der Waals surface area contributed by atoms with Gasteiger partial charge in [-0.05, 0) is 68.9 Å². The van der Waals surface area contributed by atoms with Crippen molar-refractivity contribution in [3.05, 3.63) is 57.6 Å². The van der Waals surface area contributed by atoms with Gasteiger partial charge in [0.15, 0.2) is 5.96 Å². The molecule has 1 fully saturated rings. The van der Waals surface area contributed by atoms with Gasteiger partial charge in [0, 0.05) is 12.2 Å². The molecule has 13 heteroatoms. The van der Waals surface area contributed by atoms with E-state index in [9.17, 15) is 22.8 Å². The van der Waals surface area contributed by atoms with Crippen LogP contribution in [0, 0.1) is 0 Å². The van der Waals surface area contributed by atoms with Crippen LogP contribution in [0.2, 0.25) is 10.0 Å². The first-order chi connectivity index (χ1) is 17.3. The summed E-state index contributed by atoms with van der Waals surface area (Å²) < 4.78 is 38.6. The van der Waals surface area contributed by atoms with Crippen LogP contribution in [0.3, 0.4) is 0 Å². The number of aliphatic imine (C=N–C) groups is 1. The third-order valence-corrected chi connectivity index (χ3v) is 6.19. The van der Waals surface area contributed by atoms with Crippen molar-refractivity contribution in [1.29, 1.82) is 0 Å². The number of nitrogens with one attached hydrogen (secondary N) is 2. The Morgan fingerprint density at radius 2 is 1.78 bits per heavy atom. The lowest BCUT2D eigenvalue weighted by molar-refractivity contribution is -0.137.